The zero-order chi connectivity index (χ0) is 59.9. The van der Waals surface area contributed by atoms with Crippen LogP contribution in [0.3, 0.4) is 0 Å². The predicted octanol–water partition coefficient (Wildman–Crippen LogP) is 21.7. The Morgan fingerprint density at radius 1 is 0.620 bits per heavy atom. The van der Waals surface area contributed by atoms with Gasteiger partial charge in [-0.25, -0.2) is 0 Å². The fourth-order valence-corrected chi connectivity index (χ4v) is 17.7. The summed E-state index contributed by atoms with van der Waals surface area (Å²) >= 11 is 22.7. The second kappa shape index (κ2) is 65.9. The molecule has 4 atom stereocenters. The summed E-state index contributed by atoms with van der Waals surface area (Å²) in [6.45, 7) is 37.7. The van der Waals surface area contributed by atoms with Gasteiger partial charge in [0.25, 0.3) is 0 Å². The number of methoxy groups -OCH3 is 2. The highest BCUT2D eigenvalue weighted by Gasteiger charge is 2.21. The summed E-state index contributed by atoms with van der Waals surface area (Å²) in [6.07, 6.45) is 13.6. The molecule has 0 aliphatic carbocycles. The molecule has 469 valence electrons. The van der Waals surface area contributed by atoms with Gasteiger partial charge in [0, 0.05) is 30.6 Å². The van der Waals surface area contributed by atoms with Gasteiger partial charge in [0.1, 0.15) is 23.7 Å². The van der Waals surface area contributed by atoms with Crippen molar-refractivity contribution in [3.8, 4) is 11.5 Å². The van der Waals surface area contributed by atoms with Crippen molar-refractivity contribution in [3.63, 3.8) is 0 Å². The Hall–Kier alpha value is 1.89. The van der Waals surface area contributed by atoms with E-state index in [4.69, 9.17) is 19.7 Å². The van der Waals surface area contributed by atoms with Gasteiger partial charge in [-0.2, -0.15) is 41.9 Å². The fourth-order valence-electron chi connectivity index (χ4n) is 8.34. The quantitative estimate of drug-likeness (QED) is 0.0121. The average molecular weight is 1400 g/mol. The number of aliphatic hydroxyl groups excluding tert-OH is 2. The van der Waals surface area contributed by atoms with Crippen LogP contribution < -0.4 is 9.47 Å². The molecule has 1 heterocycles. The van der Waals surface area contributed by atoms with Gasteiger partial charge in [0.2, 0.25) is 0 Å². The van der Waals surface area contributed by atoms with Crippen LogP contribution in [0.15, 0.2) is 24.3 Å². The van der Waals surface area contributed by atoms with Gasteiger partial charge in [-0.1, -0.05) is 133 Å². The van der Waals surface area contributed by atoms with E-state index in [9.17, 15) is 0 Å². The highest BCUT2D eigenvalue weighted by Crippen LogP contribution is 2.42. The standard InChI is InChI=1S/C20H34OS3.C18H30OS2.C10H21S2.C6H15Si.C5H10O3.2C2H6S.HI/c1-7-22-18(11-10-12-19(23-8-2)24-9-3)20-16(5)13-15(4)14-17(20)21-6;1-6-20-18(21-7-2)11-9-8-10-16-15(4)12-14(3)13-17(16)19-5;1-4-11-9-7-6-8-10(3)12-5-2;1-4-7(5-2)6-3;6-4-2-1-3-5(7)8-4;2*1-2-3;/h13-14,18-19H,7-12H2,1-6H3;12-13,18H,6-11H2,1-5H3;9-10H,4-8H2,1-3H3;4-6H2,1-3H3;4-7H,1-3H2;2*3H,2H2,1H3;1H/q;;+1;;;;;/p-1. The number of unbranched alkanes of at least 4 members (excludes halogenated alkanes) is 2. The van der Waals surface area contributed by atoms with Crippen LogP contribution in [0.1, 0.15) is 206 Å². The van der Waals surface area contributed by atoms with Gasteiger partial charge in [-0.3, -0.25) is 0 Å². The van der Waals surface area contributed by atoms with Gasteiger partial charge >= 0.3 is 0 Å². The lowest BCUT2D eigenvalue weighted by atomic mass is 9.98. The molecule has 0 bridgehead atoms. The van der Waals surface area contributed by atoms with E-state index in [-0.39, 0.29) is 32.8 Å². The van der Waals surface area contributed by atoms with Crippen LogP contribution in [0, 0.1) is 33.4 Å². The smallest absolute Gasteiger partial charge is 0.157 e. The average Bonchev–Trinajstić information content (AvgIpc) is 3.39. The molecule has 79 heavy (non-hydrogen) atoms. The topological polar surface area (TPSA) is 68.2 Å². The van der Waals surface area contributed by atoms with Crippen LogP contribution in [0.25, 0.3) is 0 Å². The number of hydrogen-bond donors (Lipinski definition) is 3. The molecule has 5 nitrogen and oxygen atoms in total. The maximum Gasteiger partial charge on any atom is 0.157 e. The van der Waals surface area contributed by atoms with Gasteiger partial charge in [-0.05, 0) is 172 Å². The van der Waals surface area contributed by atoms with E-state index < -0.39 is 12.6 Å². The summed E-state index contributed by atoms with van der Waals surface area (Å²) in [5.74, 6) is 14.8. The van der Waals surface area contributed by atoms with Crippen molar-refractivity contribution in [2.24, 2.45) is 0 Å². The Morgan fingerprint density at radius 2 is 1.06 bits per heavy atom. The SMILES string of the molecule is CCS.CCSC(CCCC(SCC)c1c(C)cc(C)cc1OC)SCC.CCSC(CCCCc1c(C)cc(C)cc1OC)SCC.CCS[CH+]CCCC(C)SCC.CC[S-].CC[Si](CC)CC.I.OC1CCCC(O)O1. The van der Waals surface area contributed by atoms with Crippen molar-refractivity contribution in [3.05, 3.63) is 63.4 Å². The van der Waals surface area contributed by atoms with Crippen molar-refractivity contribution in [2.75, 3.05) is 66.0 Å². The van der Waals surface area contributed by atoms with E-state index in [1.165, 1.54) is 144 Å². The van der Waals surface area contributed by atoms with Crippen molar-refractivity contribution in [1.29, 1.82) is 0 Å². The minimum atomic E-state index is -0.737. The lowest BCUT2D eigenvalue weighted by Gasteiger charge is -2.23. The van der Waals surface area contributed by atoms with Crippen LogP contribution in [-0.2, 0) is 23.8 Å². The minimum absolute atomic E-state index is 0. The summed E-state index contributed by atoms with van der Waals surface area (Å²) in [5.41, 5.74) is 8.12. The highest BCUT2D eigenvalue weighted by atomic mass is 127. The third-order valence-electron chi connectivity index (χ3n) is 12.0. The maximum atomic E-state index is 8.70. The summed E-state index contributed by atoms with van der Waals surface area (Å²) in [5, 5.41) is 18.8. The molecule has 3 rings (SSSR count). The second-order valence-corrected chi connectivity index (χ2v) is 34.3. The third-order valence-corrected chi connectivity index (χ3v) is 23.6. The number of thiol groups is 1. The van der Waals surface area contributed by atoms with Crippen molar-refractivity contribution in [1.82, 2.24) is 0 Å². The Balaban J connectivity index is -0.000000299. The number of hydrogen-bond acceptors (Lipinski definition) is 14. The summed E-state index contributed by atoms with van der Waals surface area (Å²) in [4.78, 5) is 0. The molecule has 4 unspecified atom stereocenters. The van der Waals surface area contributed by atoms with E-state index in [2.05, 4.69) is 234 Å². The molecule has 1 saturated heterocycles. The van der Waals surface area contributed by atoms with Gasteiger partial charge < -0.3 is 37.1 Å². The van der Waals surface area contributed by atoms with E-state index in [1.807, 2.05) is 25.6 Å². The second-order valence-electron chi connectivity index (χ2n) is 18.5. The lowest BCUT2D eigenvalue weighted by molar-refractivity contribution is -0.231. The largest absolute Gasteiger partial charge is 0.793 e. The van der Waals surface area contributed by atoms with Crippen LogP contribution in [0.4, 0.5) is 0 Å². The van der Waals surface area contributed by atoms with Crippen molar-refractivity contribution in [2.45, 2.75) is 252 Å². The maximum absolute atomic E-state index is 8.70. The third kappa shape index (κ3) is 52.7. The van der Waals surface area contributed by atoms with Crippen molar-refractivity contribution < 1.29 is 24.4 Å². The molecular formula is C63H122IO5S9Si. The molecule has 0 amide bonds. The molecule has 1 aliphatic rings. The molecule has 2 N–H and O–H groups in total. The normalized spacial score (nSPS) is 14.2. The van der Waals surface area contributed by atoms with Gasteiger partial charge in [-0.15, -0.1) is 71.0 Å². The zero-order valence-corrected chi connectivity index (χ0v) is 64.5. The number of aryl methyl sites for hydroxylation is 4. The molecule has 1 radical (unpaired) electrons. The Labute approximate surface area is 551 Å². The first-order chi connectivity index (χ1) is 37.5. The summed E-state index contributed by atoms with van der Waals surface area (Å²) in [6, 6.07) is 13.3. The number of ether oxygens (including phenoxy) is 3. The van der Waals surface area contributed by atoms with Crippen LogP contribution in [0.2, 0.25) is 18.1 Å². The molecule has 2 aromatic rings. The molecule has 2 aromatic carbocycles. The first kappa shape index (κ1) is 89.6. The molecular weight excluding hydrogens is 1280 g/mol. The Bertz CT molecular complexity index is 1540. The number of rotatable bonds is 33. The molecule has 0 saturated carbocycles. The van der Waals surface area contributed by atoms with Crippen molar-refractivity contribution >= 4 is 140 Å². The first-order valence-electron chi connectivity index (χ1n) is 29.9. The lowest BCUT2D eigenvalue weighted by Crippen LogP contribution is -2.26. The Morgan fingerprint density at radius 3 is 1.46 bits per heavy atom. The van der Waals surface area contributed by atoms with Gasteiger partial charge in [0.15, 0.2) is 12.6 Å². The number of aliphatic hydroxyl groups is 2. The monoisotopic (exact) mass is 1400 g/mol. The van der Waals surface area contributed by atoms with Crippen LogP contribution >= 0.6 is 119 Å². The number of benzene rings is 2. The first-order valence-corrected chi connectivity index (χ1v) is 40.6. The van der Waals surface area contributed by atoms with E-state index in [0.29, 0.717) is 18.1 Å². The molecule has 0 spiro atoms. The van der Waals surface area contributed by atoms with E-state index >= 15 is 0 Å². The Kier molecular flexibility index (Phi) is 74.7. The summed E-state index contributed by atoms with van der Waals surface area (Å²) < 4.78 is 17.4. The highest BCUT2D eigenvalue weighted by molar-refractivity contribution is 14.0. The summed E-state index contributed by atoms with van der Waals surface area (Å²) in [7, 11) is 3.72. The number of halogens is 1. The fraction of sp³-hybridized carbons (Fsp3) is 0.794. The van der Waals surface area contributed by atoms with E-state index in [1.54, 1.807) is 14.2 Å². The molecule has 16 heteroatoms. The molecule has 1 fully saturated rings. The molecule has 0 aromatic heterocycles. The zero-order valence-electron chi connectivity index (χ0n) is 53.8. The van der Waals surface area contributed by atoms with E-state index in [0.717, 1.165) is 56.0 Å². The van der Waals surface area contributed by atoms with Crippen LogP contribution in [-0.4, -0.2) is 112 Å². The molecule has 1 aliphatic heterocycles. The predicted molar refractivity (Wildman–Crippen MR) is 398 cm³/mol. The van der Waals surface area contributed by atoms with Crippen LogP contribution in [0.5, 0.6) is 11.5 Å². The number of thioether (sulfide) groups is 7. The van der Waals surface area contributed by atoms with Gasteiger partial charge in [0.05, 0.1) is 35.1 Å². The minimum Gasteiger partial charge on any atom is -0.793 e.